The minimum absolute atomic E-state index is 0. The first-order chi connectivity index (χ1) is 13.0. The van der Waals surface area contributed by atoms with Gasteiger partial charge in [-0.2, -0.15) is 0 Å². The van der Waals surface area contributed by atoms with Gasteiger partial charge in [0.05, 0.1) is 6.61 Å². The number of carbonyl (C=O) groups is 1. The lowest BCUT2D eigenvalue weighted by Gasteiger charge is -2.29. The van der Waals surface area contributed by atoms with Crippen LogP contribution >= 0.6 is 12.4 Å². The van der Waals surface area contributed by atoms with E-state index in [1.807, 2.05) is 50.2 Å². The smallest absolute Gasteiger partial charge is 0.347 e. The number of halogens is 1. The van der Waals surface area contributed by atoms with Crippen LogP contribution < -0.4 is 0 Å². The van der Waals surface area contributed by atoms with E-state index in [0.29, 0.717) is 17.7 Å². The van der Waals surface area contributed by atoms with Crippen LogP contribution in [-0.4, -0.2) is 42.2 Å². The molecule has 1 saturated heterocycles. The third-order valence-electron chi connectivity index (χ3n) is 5.32. The summed E-state index contributed by atoms with van der Waals surface area (Å²) >= 11 is 0. The maximum Gasteiger partial charge on any atom is 0.347 e. The number of carbonyl (C=O) groups excluding carboxylic acids is 1. The van der Waals surface area contributed by atoms with E-state index in [1.165, 1.54) is 12.8 Å². The summed E-state index contributed by atoms with van der Waals surface area (Å²) in [5, 5.41) is 11.6. The van der Waals surface area contributed by atoms with Crippen LogP contribution in [0, 0.1) is 13.8 Å². The van der Waals surface area contributed by atoms with Crippen LogP contribution in [-0.2, 0) is 15.1 Å². The van der Waals surface area contributed by atoms with Gasteiger partial charge in [-0.3, -0.25) is 0 Å². The van der Waals surface area contributed by atoms with Crippen molar-refractivity contribution in [3.8, 4) is 0 Å². The van der Waals surface area contributed by atoms with Gasteiger partial charge < -0.3 is 14.7 Å². The molecule has 1 atom stereocenters. The highest BCUT2D eigenvalue weighted by Gasteiger charge is 2.42. The second-order valence-electron chi connectivity index (χ2n) is 7.43. The Bertz CT molecular complexity index is 775. The summed E-state index contributed by atoms with van der Waals surface area (Å²) in [5.41, 5.74) is 1.17. The molecule has 4 nitrogen and oxygen atoms in total. The molecule has 1 aliphatic rings. The summed E-state index contributed by atoms with van der Waals surface area (Å²) in [6.07, 6.45) is 3.28. The number of benzene rings is 2. The zero-order valence-electron chi connectivity index (χ0n) is 16.7. The third kappa shape index (κ3) is 4.93. The van der Waals surface area contributed by atoms with Crippen LogP contribution in [0.4, 0.5) is 0 Å². The Balaban J connectivity index is 0.00000280. The zero-order chi connectivity index (χ0) is 19.3. The molecule has 0 aromatic heterocycles. The molecule has 0 spiro atoms. The van der Waals surface area contributed by atoms with Gasteiger partial charge in [0.25, 0.3) is 0 Å². The largest absolute Gasteiger partial charge is 0.463 e. The first-order valence-corrected chi connectivity index (χ1v) is 9.77. The number of rotatable bonds is 7. The van der Waals surface area contributed by atoms with Gasteiger partial charge in [-0.15, -0.1) is 12.4 Å². The van der Waals surface area contributed by atoms with Crippen molar-refractivity contribution in [1.82, 2.24) is 4.90 Å². The lowest BCUT2D eigenvalue weighted by molar-refractivity contribution is -0.162. The number of esters is 1. The Kier molecular flexibility index (Phi) is 8.05. The van der Waals surface area contributed by atoms with Crippen molar-refractivity contribution in [2.75, 3.05) is 26.2 Å². The molecule has 0 bridgehead atoms. The summed E-state index contributed by atoms with van der Waals surface area (Å²) in [7, 11) is 0. The summed E-state index contributed by atoms with van der Waals surface area (Å²) in [5.74, 6) is -0.608. The van der Waals surface area contributed by atoms with E-state index in [-0.39, 0.29) is 12.4 Å². The van der Waals surface area contributed by atoms with Crippen LogP contribution in [0.3, 0.4) is 0 Å². The maximum absolute atomic E-state index is 13.0. The van der Waals surface area contributed by atoms with E-state index in [4.69, 9.17) is 4.74 Å². The topological polar surface area (TPSA) is 49.8 Å². The van der Waals surface area contributed by atoms with E-state index >= 15 is 0 Å². The molecule has 1 aliphatic heterocycles. The predicted molar refractivity (Wildman–Crippen MR) is 114 cm³/mol. The lowest BCUT2D eigenvalue weighted by Crippen LogP contribution is -2.39. The molecule has 28 heavy (non-hydrogen) atoms. The fourth-order valence-corrected chi connectivity index (χ4v) is 3.75. The Labute approximate surface area is 173 Å². The van der Waals surface area contributed by atoms with Crippen molar-refractivity contribution in [3.63, 3.8) is 0 Å². The van der Waals surface area contributed by atoms with E-state index < -0.39 is 11.6 Å². The van der Waals surface area contributed by atoms with E-state index in [2.05, 4.69) is 4.90 Å². The SMILES string of the molecule is Cc1ccc(C)c(C(O)(C(=O)OCCCN2CCCC2)c2ccccc2)c1.Cl. The van der Waals surface area contributed by atoms with Crippen LogP contribution in [0.25, 0.3) is 0 Å². The standard InChI is InChI=1S/C23H29NO3.ClH/c1-18-11-12-19(2)21(17-18)23(26,20-9-4-3-5-10-20)22(25)27-16-8-15-24-13-6-7-14-24;/h3-5,9-12,17,26H,6-8,13-16H2,1-2H3;1H. The van der Waals surface area contributed by atoms with E-state index in [9.17, 15) is 9.90 Å². The van der Waals surface area contributed by atoms with Crippen LogP contribution in [0.5, 0.6) is 0 Å². The second kappa shape index (κ2) is 10.1. The molecule has 152 valence electrons. The molecule has 1 unspecified atom stereocenters. The molecule has 2 aromatic rings. The fourth-order valence-electron chi connectivity index (χ4n) is 3.75. The first kappa shape index (κ1) is 22.4. The molecule has 5 heteroatoms. The summed E-state index contributed by atoms with van der Waals surface area (Å²) in [4.78, 5) is 15.4. The van der Waals surface area contributed by atoms with Gasteiger partial charge in [-0.25, -0.2) is 4.79 Å². The highest BCUT2D eigenvalue weighted by atomic mass is 35.5. The van der Waals surface area contributed by atoms with Crippen molar-refractivity contribution < 1.29 is 14.6 Å². The van der Waals surface area contributed by atoms with Crippen molar-refractivity contribution >= 4 is 18.4 Å². The number of aliphatic hydroxyl groups is 1. The van der Waals surface area contributed by atoms with Gasteiger partial charge in [-0.1, -0.05) is 54.1 Å². The Morgan fingerprint density at radius 2 is 1.79 bits per heavy atom. The summed E-state index contributed by atoms with van der Waals surface area (Å²) in [6, 6.07) is 14.8. The molecule has 0 saturated carbocycles. The quantitative estimate of drug-likeness (QED) is 0.561. The Morgan fingerprint density at radius 3 is 2.46 bits per heavy atom. The Morgan fingerprint density at radius 1 is 1.11 bits per heavy atom. The maximum atomic E-state index is 13.0. The highest BCUT2D eigenvalue weighted by molar-refractivity contribution is 5.86. The normalized spacial score (nSPS) is 16.2. The van der Waals surface area contributed by atoms with Gasteiger partial charge in [0.2, 0.25) is 5.60 Å². The van der Waals surface area contributed by atoms with Gasteiger partial charge in [0.1, 0.15) is 0 Å². The molecule has 0 radical (unpaired) electrons. The van der Waals surface area contributed by atoms with Gasteiger partial charge >= 0.3 is 5.97 Å². The number of ether oxygens (including phenoxy) is 1. The molecule has 1 fully saturated rings. The molecule has 1 heterocycles. The monoisotopic (exact) mass is 403 g/mol. The molecule has 3 rings (SSSR count). The predicted octanol–water partition coefficient (Wildman–Crippen LogP) is 3.99. The summed E-state index contributed by atoms with van der Waals surface area (Å²) < 4.78 is 5.56. The second-order valence-corrected chi connectivity index (χ2v) is 7.43. The zero-order valence-corrected chi connectivity index (χ0v) is 17.5. The van der Waals surface area contributed by atoms with Crippen molar-refractivity contribution in [3.05, 3.63) is 70.8 Å². The average Bonchev–Trinajstić information content (AvgIpc) is 3.20. The first-order valence-electron chi connectivity index (χ1n) is 9.77. The van der Waals surface area contributed by atoms with Gasteiger partial charge in [0.15, 0.2) is 0 Å². The fraction of sp³-hybridized carbons (Fsp3) is 0.435. The van der Waals surface area contributed by atoms with Crippen molar-refractivity contribution in [1.29, 1.82) is 0 Å². The van der Waals surface area contributed by atoms with E-state index in [0.717, 1.165) is 37.2 Å². The van der Waals surface area contributed by atoms with Crippen LogP contribution in [0.1, 0.15) is 41.5 Å². The van der Waals surface area contributed by atoms with Gasteiger partial charge in [-0.05, 0) is 57.3 Å². The third-order valence-corrected chi connectivity index (χ3v) is 5.32. The van der Waals surface area contributed by atoms with Crippen LogP contribution in [0.2, 0.25) is 0 Å². The van der Waals surface area contributed by atoms with Crippen LogP contribution in [0.15, 0.2) is 48.5 Å². The molecular formula is C23H30ClNO3. The molecular weight excluding hydrogens is 374 g/mol. The number of hydrogen-bond donors (Lipinski definition) is 1. The minimum atomic E-state index is -1.80. The minimum Gasteiger partial charge on any atom is -0.463 e. The van der Waals surface area contributed by atoms with Gasteiger partial charge in [0, 0.05) is 12.1 Å². The molecule has 1 N–H and O–H groups in total. The number of likely N-dealkylation sites (tertiary alicyclic amines) is 1. The van der Waals surface area contributed by atoms with Crippen molar-refractivity contribution in [2.45, 2.75) is 38.7 Å². The molecule has 0 aliphatic carbocycles. The highest BCUT2D eigenvalue weighted by Crippen LogP contribution is 2.34. The molecule has 2 aromatic carbocycles. The lowest BCUT2D eigenvalue weighted by atomic mass is 9.83. The average molecular weight is 404 g/mol. The van der Waals surface area contributed by atoms with Crippen molar-refractivity contribution in [2.24, 2.45) is 0 Å². The summed E-state index contributed by atoms with van der Waals surface area (Å²) in [6.45, 7) is 7.36. The number of hydrogen-bond acceptors (Lipinski definition) is 4. The number of nitrogens with zero attached hydrogens (tertiary/aromatic N) is 1. The Hall–Kier alpha value is -1.88. The molecule has 0 amide bonds. The van der Waals surface area contributed by atoms with E-state index in [1.54, 1.807) is 12.1 Å². The number of aryl methyl sites for hydroxylation is 2.